The summed E-state index contributed by atoms with van der Waals surface area (Å²) in [5, 5.41) is -0.176. The normalized spacial score (nSPS) is 12.6. The Labute approximate surface area is 114 Å². The Balaban J connectivity index is 2.82. The molecule has 0 radical (unpaired) electrons. The molecule has 0 amide bonds. The minimum absolute atomic E-state index is 0.0357. The Hall–Kier alpha value is -1.01. The van der Waals surface area contributed by atoms with Crippen molar-refractivity contribution >= 4 is 11.6 Å². The lowest BCUT2D eigenvalue weighted by Crippen LogP contribution is -2.44. The minimum Gasteiger partial charge on any atom is -0.475 e. The van der Waals surface area contributed by atoms with Gasteiger partial charge in [0.1, 0.15) is 11.6 Å². The summed E-state index contributed by atoms with van der Waals surface area (Å²) < 4.78 is 42.6. The van der Waals surface area contributed by atoms with Gasteiger partial charge in [-0.2, -0.15) is 13.2 Å². The number of ether oxygens (including phenoxy) is 1. The number of rotatable bonds is 5. The van der Waals surface area contributed by atoms with Crippen molar-refractivity contribution in [3.63, 3.8) is 0 Å². The summed E-state index contributed by atoms with van der Waals surface area (Å²) in [4.78, 5) is 3.59. The van der Waals surface area contributed by atoms with Crippen molar-refractivity contribution in [1.82, 2.24) is 4.98 Å². The van der Waals surface area contributed by atoms with E-state index in [0.29, 0.717) is 19.0 Å². The largest absolute Gasteiger partial charge is 0.475 e. The van der Waals surface area contributed by atoms with Crippen LogP contribution in [-0.2, 0) is 6.18 Å². The van der Waals surface area contributed by atoms with E-state index in [9.17, 15) is 13.2 Å². The zero-order valence-electron chi connectivity index (χ0n) is 10.7. The van der Waals surface area contributed by atoms with Gasteiger partial charge in [0, 0.05) is 11.7 Å². The Kier molecular flexibility index (Phi) is 5.04. The van der Waals surface area contributed by atoms with Crippen LogP contribution in [0.25, 0.3) is 0 Å². The Morgan fingerprint density at radius 2 is 1.89 bits per heavy atom. The predicted molar refractivity (Wildman–Crippen MR) is 67.2 cm³/mol. The van der Waals surface area contributed by atoms with Crippen molar-refractivity contribution in [2.75, 3.05) is 6.61 Å². The third-order valence-electron chi connectivity index (χ3n) is 3.04. The fourth-order valence-corrected chi connectivity index (χ4v) is 1.57. The summed E-state index contributed by atoms with van der Waals surface area (Å²) in [6.45, 7) is 3.97. The third-order valence-corrected chi connectivity index (χ3v) is 3.31. The van der Waals surface area contributed by atoms with Gasteiger partial charge < -0.3 is 10.5 Å². The molecule has 0 aliphatic carbocycles. The van der Waals surface area contributed by atoms with E-state index in [2.05, 4.69) is 4.98 Å². The standard InChI is InChI=1S/C12H16ClF3N2O/c1-3-11(17,4-2)7-19-10-9(13)5-8(6-18-10)12(14,15)16/h5-6H,3-4,7,17H2,1-2H3. The summed E-state index contributed by atoms with van der Waals surface area (Å²) >= 11 is 5.72. The minimum atomic E-state index is -4.47. The van der Waals surface area contributed by atoms with Gasteiger partial charge in [0.05, 0.1) is 5.56 Å². The Morgan fingerprint density at radius 1 is 1.32 bits per heavy atom. The molecule has 3 nitrogen and oxygen atoms in total. The number of nitrogens with two attached hydrogens (primary N) is 1. The van der Waals surface area contributed by atoms with Gasteiger partial charge in [-0.1, -0.05) is 25.4 Å². The van der Waals surface area contributed by atoms with E-state index in [-0.39, 0.29) is 17.5 Å². The Bertz CT molecular complexity index is 433. The first-order chi connectivity index (χ1) is 8.72. The predicted octanol–water partition coefficient (Wildman–Crippen LogP) is 3.65. The molecule has 2 N–H and O–H groups in total. The van der Waals surface area contributed by atoms with Crippen molar-refractivity contribution in [2.45, 2.75) is 38.4 Å². The summed E-state index contributed by atoms with van der Waals surface area (Å²) in [5.74, 6) is -0.0357. The average molecular weight is 297 g/mol. The second kappa shape index (κ2) is 5.96. The van der Waals surface area contributed by atoms with E-state index in [1.54, 1.807) is 0 Å². The van der Waals surface area contributed by atoms with Crippen LogP contribution < -0.4 is 10.5 Å². The highest BCUT2D eigenvalue weighted by molar-refractivity contribution is 6.31. The molecular weight excluding hydrogens is 281 g/mol. The number of nitrogens with zero attached hydrogens (tertiary/aromatic N) is 1. The fourth-order valence-electron chi connectivity index (χ4n) is 1.35. The molecule has 7 heteroatoms. The van der Waals surface area contributed by atoms with E-state index in [0.717, 1.165) is 6.07 Å². The van der Waals surface area contributed by atoms with Crippen LogP contribution >= 0.6 is 11.6 Å². The van der Waals surface area contributed by atoms with E-state index in [1.165, 1.54) is 0 Å². The van der Waals surface area contributed by atoms with Crippen LogP contribution in [0.5, 0.6) is 5.88 Å². The average Bonchev–Trinajstić information content (AvgIpc) is 2.35. The Morgan fingerprint density at radius 3 is 2.32 bits per heavy atom. The molecule has 0 saturated carbocycles. The fraction of sp³-hybridized carbons (Fsp3) is 0.583. The maximum atomic E-state index is 12.4. The number of halogens is 4. The van der Waals surface area contributed by atoms with Gasteiger partial charge in [-0.3, -0.25) is 0 Å². The van der Waals surface area contributed by atoms with Crippen molar-refractivity contribution in [2.24, 2.45) is 5.73 Å². The molecule has 1 aromatic rings. The van der Waals surface area contributed by atoms with E-state index in [1.807, 2.05) is 13.8 Å². The van der Waals surface area contributed by atoms with Crippen molar-refractivity contribution < 1.29 is 17.9 Å². The lowest BCUT2D eigenvalue weighted by molar-refractivity contribution is -0.137. The second-order valence-corrected chi connectivity index (χ2v) is 4.77. The molecule has 1 aromatic heterocycles. The maximum absolute atomic E-state index is 12.4. The molecule has 108 valence electrons. The molecule has 0 aromatic carbocycles. The third kappa shape index (κ3) is 4.24. The summed E-state index contributed by atoms with van der Waals surface area (Å²) in [6, 6.07) is 0.792. The lowest BCUT2D eigenvalue weighted by atomic mass is 9.96. The van der Waals surface area contributed by atoms with Gasteiger partial charge in [-0.25, -0.2) is 4.98 Å². The zero-order chi connectivity index (χ0) is 14.7. The number of pyridine rings is 1. The van der Waals surface area contributed by atoms with Crippen LogP contribution in [0.2, 0.25) is 5.02 Å². The molecule has 1 heterocycles. The molecular formula is C12H16ClF3N2O. The van der Waals surface area contributed by atoms with Crippen LogP contribution in [0.1, 0.15) is 32.3 Å². The molecule has 0 unspecified atom stereocenters. The summed E-state index contributed by atoms with van der Waals surface area (Å²) in [6.07, 6.45) is -2.42. The number of alkyl halides is 3. The highest BCUT2D eigenvalue weighted by atomic mass is 35.5. The number of hydrogen-bond donors (Lipinski definition) is 1. The highest BCUT2D eigenvalue weighted by Crippen LogP contribution is 2.33. The summed E-state index contributed by atoms with van der Waals surface area (Å²) in [5.41, 5.74) is 4.58. The monoisotopic (exact) mass is 296 g/mol. The molecule has 19 heavy (non-hydrogen) atoms. The van der Waals surface area contributed by atoms with Crippen molar-refractivity contribution in [1.29, 1.82) is 0 Å². The topological polar surface area (TPSA) is 48.1 Å². The van der Waals surface area contributed by atoms with Gasteiger partial charge in [0.25, 0.3) is 0 Å². The van der Waals surface area contributed by atoms with Crippen LogP contribution in [-0.4, -0.2) is 17.1 Å². The first kappa shape index (κ1) is 16.0. The molecule has 0 spiro atoms. The maximum Gasteiger partial charge on any atom is 0.417 e. The number of aromatic nitrogens is 1. The number of hydrogen-bond acceptors (Lipinski definition) is 3. The van der Waals surface area contributed by atoms with Crippen LogP contribution in [0.3, 0.4) is 0 Å². The molecule has 0 aliphatic rings. The summed E-state index contributed by atoms with van der Waals surface area (Å²) in [7, 11) is 0. The first-order valence-electron chi connectivity index (χ1n) is 5.86. The molecule has 1 rings (SSSR count). The zero-order valence-corrected chi connectivity index (χ0v) is 11.5. The van der Waals surface area contributed by atoms with Gasteiger partial charge in [-0.15, -0.1) is 0 Å². The quantitative estimate of drug-likeness (QED) is 0.902. The van der Waals surface area contributed by atoms with E-state index >= 15 is 0 Å². The SMILES string of the molecule is CCC(N)(CC)COc1ncc(C(F)(F)F)cc1Cl. The molecule has 0 fully saturated rings. The van der Waals surface area contributed by atoms with Crippen molar-refractivity contribution in [3.8, 4) is 5.88 Å². The smallest absolute Gasteiger partial charge is 0.417 e. The van der Waals surface area contributed by atoms with Crippen LogP contribution in [0.4, 0.5) is 13.2 Å². The van der Waals surface area contributed by atoms with Crippen LogP contribution in [0, 0.1) is 0 Å². The molecule has 0 atom stereocenters. The lowest BCUT2D eigenvalue weighted by Gasteiger charge is -2.26. The van der Waals surface area contributed by atoms with E-state index < -0.39 is 17.3 Å². The molecule has 0 aliphatic heterocycles. The molecule has 0 saturated heterocycles. The van der Waals surface area contributed by atoms with Crippen LogP contribution in [0.15, 0.2) is 12.3 Å². The van der Waals surface area contributed by atoms with Gasteiger partial charge in [0.2, 0.25) is 5.88 Å². The first-order valence-corrected chi connectivity index (χ1v) is 6.24. The second-order valence-electron chi connectivity index (χ2n) is 4.37. The van der Waals surface area contributed by atoms with Gasteiger partial charge >= 0.3 is 6.18 Å². The van der Waals surface area contributed by atoms with Gasteiger partial charge in [-0.05, 0) is 18.9 Å². The van der Waals surface area contributed by atoms with E-state index in [4.69, 9.17) is 22.1 Å². The van der Waals surface area contributed by atoms with Crippen molar-refractivity contribution in [3.05, 3.63) is 22.8 Å². The highest BCUT2D eigenvalue weighted by Gasteiger charge is 2.32. The molecule has 0 bridgehead atoms. The van der Waals surface area contributed by atoms with Gasteiger partial charge in [0.15, 0.2) is 0 Å².